The molecule has 1 unspecified atom stereocenters. The van der Waals surface area contributed by atoms with E-state index in [2.05, 4.69) is 16.1 Å². The van der Waals surface area contributed by atoms with Gasteiger partial charge in [-0.2, -0.15) is 21.6 Å². The molecule has 0 heterocycles. The highest BCUT2D eigenvalue weighted by molar-refractivity contribution is 14.1. The van der Waals surface area contributed by atoms with Crippen LogP contribution in [0.3, 0.4) is 0 Å². The van der Waals surface area contributed by atoms with Crippen molar-refractivity contribution in [1.29, 1.82) is 0 Å². The first kappa shape index (κ1) is 27.6. The van der Waals surface area contributed by atoms with E-state index in [9.17, 15) is 36.0 Å². The lowest BCUT2D eigenvalue weighted by Gasteiger charge is -2.20. The average molecular weight is 692 g/mol. The predicted molar refractivity (Wildman–Crippen MR) is 115 cm³/mol. The molecule has 0 bridgehead atoms. The summed E-state index contributed by atoms with van der Waals surface area (Å²) in [5, 5.41) is 0. The van der Waals surface area contributed by atoms with Gasteiger partial charge in [0.1, 0.15) is 11.3 Å². The van der Waals surface area contributed by atoms with Crippen LogP contribution in [-0.2, 0) is 29.2 Å². The fourth-order valence-corrected chi connectivity index (χ4v) is 4.38. The lowest BCUT2D eigenvalue weighted by Crippen LogP contribution is -2.39. The van der Waals surface area contributed by atoms with Crippen molar-refractivity contribution >= 4 is 73.2 Å². The Bertz CT molecular complexity index is 1010. The van der Waals surface area contributed by atoms with Gasteiger partial charge in [0.2, 0.25) is 6.10 Å². The molecule has 0 aliphatic heterocycles. The molecule has 1 aromatic carbocycles. The first-order valence-corrected chi connectivity index (χ1v) is 11.5. The molecule has 0 saturated heterocycles. The summed E-state index contributed by atoms with van der Waals surface area (Å²) in [6.45, 7) is 3.76. The van der Waals surface area contributed by atoms with Gasteiger partial charge < -0.3 is 14.2 Å². The third-order valence-electron chi connectivity index (χ3n) is 3.09. The molecule has 1 atom stereocenters. The quantitative estimate of drug-likeness (QED) is 0.144. The molecule has 0 aliphatic carbocycles. The topological polar surface area (TPSA) is 133 Å². The van der Waals surface area contributed by atoms with Crippen LogP contribution < -0.4 is 4.74 Å². The Hall–Kier alpha value is -1.47. The zero-order chi connectivity index (χ0) is 24.1. The standard InChI is InChI=1S/C16H13F3I2O9S/c1-7(2)14(23)28-5-12(22)30-13-9(3-8(20)4-10(13)21)15(24)29-11(16(17,18)19)6-31(25,26)27/h3-4,11H,1,5-6H2,2H3,(H,25,26,27). The van der Waals surface area contributed by atoms with E-state index < -0.39 is 64.0 Å². The highest BCUT2D eigenvalue weighted by Crippen LogP contribution is 2.31. The summed E-state index contributed by atoms with van der Waals surface area (Å²) in [6, 6.07) is 2.45. The molecule has 1 N–H and O–H groups in total. The van der Waals surface area contributed by atoms with Crippen molar-refractivity contribution in [3.05, 3.63) is 37.0 Å². The Morgan fingerprint density at radius 1 is 1.23 bits per heavy atom. The van der Waals surface area contributed by atoms with E-state index in [1.807, 2.05) is 0 Å². The van der Waals surface area contributed by atoms with Crippen LogP contribution in [0.25, 0.3) is 0 Å². The summed E-state index contributed by atoms with van der Waals surface area (Å²) >= 11 is 3.36. The molecule has 31 heavy (non-hydrogen) atoms. The minimum atomic E-state index is -5.31. The number of esters is 3. The molecular weight excluding hydrogens is 679 g/mol. The molecule has 0 fully saturated rings. The second-order valence-electron chi connectivity index (χ2n) is 5.78. The van der Waals surface area contributed by atoms with Gasteiger partial charge in [-0.05, 0) is 64.2 Å². The van der Waals surface area contributed by atoms with Crippen molar-refractivity contribution in [3.8, 4) is 5.75 Å². The number of halogens is 5. The van der Waals surface area contributed by atoms with Crippen LogP contribution in [0, 0.1) is 7.14 Å². The van der Waals surface area contributed by atoms with Gasteiger partial charge in [-0.25, -0.2) is 14.4 Å². The maximum Gasteiger partial charge on any atom is 0.426 e. The molecule has 15 heteroatoms. The van der Waals surface area contributed by atoms with Gasteiger partial charge >= 0.3 is 24.1 Å². The van der Waals surface area contributed by atoms with E-state index in [1.165, 1.54) is 13.0 Å². The van der Waals surface area contributed by atoms with Crippen LogP contribution in [0.5, 0.6) is 5.75 Å². The smallest absolute Gasteiger partial charge is 0.426 e. The Morgan fingerprint density at radius 3 is 2.29 bits per heavy atom. The molecule has 1 aromatic rings. The van der Waals surface area contributed by atoms with Crippen LogP contribution in [-0.4, -0.2) is 55.5 Å². The van der Waals surface area contributed by atoms with Gasteiger partial charge in [0.05, 0.1) is 3.57 Å². The Balaban J connectivity index is 3.18. The number of rotatable bonds is 8. The Labute approximate surface area is 201 Å². The largest absolute Gasteiger partial charge is 0.450 e. The first-order valence-electron chi connectivity index (χ1n) is 7.76. The Morgan fingerprint density at radius 2 is 1.81 bits per heavy atom. The lowest BCUT2D eigenvalue weighted by atomic mass is 10.2. The Kier molecular flexibility index (Phi) is 9.70. The van der Waals surface area contributed by atoms with Crippen LogP contribution in [0.4, 0.5) is 13.2 Å². The molecule has 0 aliphatic rings. The normalized spacial score (nSPS) is 12.6. The molecular formula is C16H13F3I2O9S. The SMILES string of the molecule is C=C(C)C(=O)OCC(=O)Oc1c(I)cc(I)cc1C(=O)OC(CS(=O)(=O)O)C(F)(F)F. The maximum atomic E-state index is 13.0. The minimum absolute atomic E-state index is 0.00191. The van der Waals surface area contributed by atoms with E-state index in [0.29, 0.717) is 3.57 Å². The van der Waals surface area contributed by atoms with Crippen molar-refractivity contribution < 1.29 is 54.7 Å². The summed E-state index contributed by atoms with van der Waals surface area (Å²) in [5.74, 6) is -6.13. The molecule has 0 spiro atoms. The van der Waals surface area contributed by atoms with Gasteiger partial charge in [0.15, 0.2) is 12.4 Å². The molecule has 1 rings (SSSR count). The average Bonchev–Trinajstić information content (AvgIpc) is 2.58. The van der Waals surface area contributed by atoms with Gasteiger partial charge in [-0.1, -0.05) is 6.58 Å². The summed E-state index contributed by atoms with van der Waals surface area (Å²) in [6.07, 6.45) is -8.49. The van der Waals surface area contributed by atoms with Crippen LogP contribution in [0.15, 0.2) is 24.3 Å². The second kappa shape index (κ2) is 10.9. The number of benzene rings is 1. The van der Waals surface area contributed by atoms with Crippen LogP contribution in [0.1, 0.15) is 17.3 Å². The summed E-state index contributed by atoms with van der Waals surface area (Å²) < 4.78 is 83.8. The van der Waals surface area contributed by atoms with Crippen LogP contribution in [0.2, 0.25) is 0 Å². The van der Waals surface area contributed by atoms with Gasteiger partial charge in [0, 0.05) is 9.14 Å². The third-order valence-corrected chi connectivity index (χ3v) is 5.24. The molecule has 0 amide bonds. The maximum absolute atomic E-state index is 13.0. The lowest BCUT2D eigenvalue weighted by molar-refractivity contribution is -0.197. The predicted octanol–water partition coefficient (Wildman–Crippen LogP) is 2.90. The van der Waals surface area contributed by atoms with Crippen molar-refractivity contribution in [2.24, 2.45) is 0 Å². The van der Waals surface area contributed by atoms with Gasteiger partial charge in [-0.15, -0.1) is 0 Å². The van der Waals surface area contributed by atoms with Crippen molar-refractivity contribution in [2.45, 2.75) is 19.2 Å². The van der Waals surface area contributed by atoms with E-state index in [-0.39, 0.29) is 9.14 Å². The third kappa shape index (κ3) is 9.27. The second-order valence-corrected chi connectivity index (χ2v) is 9.68. The molecule has 0 saturated carbocycles. The summed E-state index contributed by atoms with van der Waals surface area (Å²) in [7, 11) is -5.14. The number of ether oxygens (including phenoxy) is 3. The van der Waals surface area contributed by atoms with Gasteiger partial charge in [-0.3, -0.25) is 4.55 Å². The van der Waals surface area contributed by atoms with Crippen LogP contribution >= 0.6 is 45.2 Å². The highest BCUT2D eigenvalue weighted by atomic mass is 127. The number of carbonyl (C=O) groups is 3. The number of alkyl halides is 3. The molecule has 9 nitrogen and oxygen atoms in total. The summed E-state index contributed by atoms with van der Waals surface area (Å²) in [5.41, 5.74) is -0.626. The van der Waals surface area contributed by atoms with Gasteiger partial charge in [0.25, 0.3) is 10.1 Å². The van der Waals surface area contributed by atoms with Crippen molar-refractivity contribution in [3.63, 3.8) is 0 Å². The van der Waals surface area contributed by atoms with E-state index >= 15 is 0 Å². The fourth-order valence-electron chi connectivity index (χ4n) is 1.79. The highest BCUT2D eigenvalue weighted by Gasteiger charge is 2.46. The zero-order valence-electron chi connectivity index (χ0n) is 15.4. The molecule has 0 aromatic heterocycles. The van der Waals surface area contributed by atoms with Crippen molar-refractivity contribution in [2.75, 3.05) is 12.4 Å². The van der Waals surface area contributed by atoms with E-state index in [0.717, 1.165) is 6.07 Å². The molecule has 172 valence electrons. The zero-order valence-corrected chi connectivity index (χ0v) is 20.5. The number of carbonyl (C=O) groups excluding carboxylic acids is 3. The van der Waals surface area contributed by atoms with Crippen molar-refractivity contribution in [1.82, 2.24) is 0 Å². The minimum Gasteiger partial charge on any atom is -0.450 e. The molecule has 0 radical (unpaired) electrons. The summed E-state index contributed by atoms with van der Waals surface area (Å²) in [4.78, 5) is 35.6. The van der Waals surface area contributed by atoms with E-state index in [1.54, 1.807) is 45.2 Å². The number of hydrogen-bond donors (Lipinski definition) is 1. The monoisotopic (exact) mass is 692 g/mol. The first-order chi connectivity index (χ1) is 14.0. The fraction of sp³-hybridized carbons (Fsp3) is 0.312. The number of hydrogen-bond acceptors (Lipinski definition) is 8. The van der Waals surface area contributed by atoms with E-state index in [4.69, 9.17) is 9.29 Å².